The molecule has 2 heterocycles. The molecule has 1 saturated heterocycles. The average molecular weight is 278 g/mol. The van der Waals surface area contributed by atoms with Gasteiger partial charge in [-0.05, 0) is 38.1 Å². The predicted octanol–water partition coefficient (Wildman–Crippen LogP) is 0.278. The molecule has 1 fully saturated rings. The van der Waals surface area contributed by atoms with Crippen molar-refractivity contribution in [2.45, 2.75) is 25.3 Å². The van der Waals surface area contributed by atoms with E-state index in [-0.39, 0.29) is 11.8 Å². The molecule has 0 unspecified atom stereocenters. The Balaban J connectivity index is 1.93. The van der Waals surface area contributed by atoms with Crippen LogP contribution >= 0.6 is 0 Å². The molecule has 1 aromatic rings. The van der Waals surface area contributed by atoms with Crippen molar-refractivity contribution in [3.8, 4) is 0 Å². The minimum absolute atomic E-state index is 0.0703. The number of nitrogens with zero attached hydrogens (tertiary/aromatic N) is 1. The summed E-state index contributed by atoms with van der Waals surface area (Å²) in [5.41, 5.74) is 0.675. The van der Waals surface area contributed by atoms with Crippen LogP contribution < -0.4 is 16.0 Å². The van der Waals surface area contributed by atoms with Crippen molar-refractivity contribution >= 4 is 11.8 Å². The van der Waals surface area contributed by atoms with Gasteiger partial charge < -0.3 is 20.5 Å². The molecular formula is C14H22N4O2. The van der Waals surface area contributed by atoms with Crippen LogP contribution in [0, 0.1) is 0 Å². The molecule has 0 spiro atoms. The highest BCUT2D eigenvalue weighted by molar-refractivity contribution is 5.93. The van der Waals surface area contributed by atoms with E-state index in [0.29, 0.717) is 24.7 Å². The van der Waals surface area contributed by atoms with Crippen molar-refractivity contribution in [3.63, 3.8) is 0 Å². The lowest BCUT2D eigenvalue weighted by molar-refractivity contribution is -0.120. The summed E-state index contributed by atoms with van der Waals surface area (Å²) in [6.45, 7) is 2.33. The average Bonchev–Trinajstić information content (AvgIpc) is 2.97. The number of piperidine rings is 1. The second-order valence-electron chi connectivity index (χ2n) is 4.96. The van der Waals surface area contributed by atoms with Crippen LogP contribution in [0.2, 0.25) is 0 Å². The maximum Gasteiger partial charge on any atom is 0.267 e. The first-order chi connectivity index (χ1) is 9.72. The standard InChI is InChI=1S/C14H22N4O2/c1-15-13(19)6-9-17-14(20)12-3-2-10-18(12)11-4-7-16-8-5-11/h2-3,10-11,16H,4-9H2,1H3,(H,15,19)(H,17,20). The monoisotopic (exact) mass is 278 g/mol. The van der Waals surface area contributed by atoms with Crippen LogP contribution in [0.25, 0.3) is 0 Å². The maximum absolute atomic E-state index is 12.2. The first-order valence-corrected chi connectivity index (χ1v) is 7.08. The lowest BCUT2D eigenvalue weighted by atomic mass is 10.1. The van der Waals surface area contributed by atoms with Crippen LogP contribution in [0.4, 0.5) is 0 Å². The molecule has 2 rings (SSSR count). The number of hydrogen-bond acceptors (Lipinski definition) is 3. The first-order valence-electron chi connectivity index (χ1n) is 7.08. The smallest absolute Gasteiger partial charge is 0.267 e. The van der Waals surface area contributed by atoms with E-state index in [9.17, 15) is 9.59 Å². The van der Waals surface area contributed by atoms with E-state index >= 15 is 0 Å². The summed E-state index contributed by atoms with van der Waals surface area (Å²) in [5.74, 6) is -0.184. The van der Waals surface area contributed by atoms with E-state index in [1.807, 2.05) is 18.3 Å². The van der Waals surface area contributed by atoms with Gasteiger partial charge in [-0.15, -0.1) is 0 Å². The summed E-state index contributed by atoms with van der Waals surface area (Å²) in [6.07, 6.45) is 4.33. The Morgan fingerprint density at radius 3 is 2.85 bits per heavy atom. The Morgan fingerprint density at radius 2 is 2.15 bits per heavy atom. The van der Waals surface area contributed by atoms with Gasteiger partial charge in [-0.2, -0.15) is 0 Å². The summed E-state index contributed by atoms with van der Waals surface area (Å²) in [6, 6.07) is 4.11. The SMILES string of the molecule is CNC(=O)CCNC(=O)c1cccn1C1CCNCC1. The zero-order chi connectivity index (χ0) is 14.4. The molecular weight excluding hydrogens is 256 g/mol. The number of nitrogens with one attached hydrogen (secondary N) is 3. The van der Waals surface area contributed by atoms with Gasteiger partial charge in [0, 0.05) is 32.3 Å². The zero-order valence-electron chi connectivity index (χ0n) is 11.8. The fourth-order valence-electron chi connectivity index (χ4n) is 2.49. The second-order valence-corrected chi connectivity index (χ2v) is 4.96. The van der Waals surface area contributed by atoms with Crippen molar-refractivity contribution in [2.75, 3.05) is 26.7 Å². The van der Waals surface area contributed by atoms with Gasteiger partial charge in [0.1, 0.15) is 5.69 Å². The second kappa shape index (κ2) is 7.09. The summed E-state index contributed by atoms with van der Waals surface area (Å²) in [4.78, 5) is 23.3. The molecule has 3 N–H and O–H groups in total. The highest BCUT2D eigenvalue weighted by Gasteiger charge is 2.19. The lowest BCUT2D eigenvalue weighted by Crippen LogP contribution is -2.33. The van der Waals surface area contributed by atoms with Crippen LogP contribution in [0.3, 0.4) is 0 Å². The van der Waals surface area contributed by atoms with E-state index < -0.39 is 0 Å². The van der Waals surface area contributed by atoms with E-state index in [0.717, 1.165) is 25.9 Å². The van der Waals surface area contributed by atoms with Gasteiger partial charge in [-0.1, -0.05) is 0 Å². The van der Waals surface area contributed by atoms with Gasteiger partial charge in [-0.25, -0.2) is 0 Å². The van der Waals surface area contributed by atoms with Gasteiger partial charge in [-0.3, -0.25) is 9.59 Å². The van der Waals surface area contributed by atoms with Crippen molar-refractivity contribution in [3.05, 3.63) is 24.0 Å². The summed E-state index contributed by atoms with van der Waals surface area (Å²) < 4.78 is 2.05. The van der Waals surface area contributed by atoms with Crippen LogP contribution in [0.5, 0.6) is 0 Å². The molecule has 0 atom stereocenters. The summed E-state index contributed by atoms with van der Waals surface area (Å²) >= 11 is 0. The molecule has 0 aromatic carbocycles. The topological polar surface area (TPSA) is 75.2 Å². The first kappa shape index (κ1) is 14.6. The Kier molecular flexibility index (Phi) is 5.17. The van der Waals surface area contributed by atoms with Crippen LogP contribution in [-0.2, 0) is 4.79 Å². The van der Waals surface area contributed by atoms with E-state index in [1.54, 1.807) is 7.05 Å². The largest absolute Gasteiger partial charge is 0.359 e. The molecule has 20 heavy (non-hydrogen) atoms. The molecule has 6 heteroatoms. The van der Waals surface area contributed by atoms with E-state index in [4.69, 9.17) is 0 Å². The molecule has 0 radical (unpaired) electrons. The van der Waals surface area contributed by atoms with Crippen molar-refractivity contribution in [1.29, 1.82) is 0 Å². The normalized spacial score (nSPS) is 15.8. The number of hydrogen-bond donors (Lipinski definition) is 3. The van der Waals surface area contributed by atoms with Crippen LogP contribution in [-0.4, -0.2) is 43.1 Å². The Bertz CT molecular complexity index is 463. The lowest BCUT2D eigenvalue weighted by Gasteiger charge is -2.25. The summed E-state index contributed by atoms with van der Waals surface area (Å²) in [7, 11) is 1.59. The summed E-state index contributed by atoms with van der Waals surface area (Å²) in [5, 5.41) is 8.65. The van der Waals surface area contributed by atoms with Crippen molar-refractivity contribution in [2.24, 2.45) is 0 Å². The maximum atomic E-state index is 12.2. The van der Waals surface area contributed by atoms with Gasteiger partial charge >= 0.3 is 0 Å². The minimum atomic E-state index is -0.113. The number of rotatable bonds is 5. The van der Waals surface area contributed by atoms with E-state index in [2.05, 4.69) is 20.5 Å². The number of amides is 2. The van der Waals surface area contributed by atoms with Crippen LogP contribution in [0.1, 0.15) is 35.8 Å². The van der Waals surface area contributed by atoms with Crippen molar-refractivity contribution < 1.29 is 9.59 Å². The Hall–Kier alpha value is -1.82. The molecule has 0 saturated carbocycles. The number of carbonyl (C=O) groups is 2. The number of aromatic nitrogens is 1. The van der Waals surface area contributed by atoms with Gasteiger partial charge in [0.15, 0.2) is 0 Å². The Morgan fingerprint density at radius 1 is 1.40 bits per heavy atom. The third kappa shape index (κ3) is 3.60. The molecule has 6 nitrogen and oxygen atoms in total. The molecule has 110 valence electrons. The number of carbonyl (C=O) groups excluding carboxylic acids is 2. The van der Waals surface area contributed by atoms with Gasteiger partial charge in [0.25, 0.3) is 5.91 Å². The molecule has 1 aliphatic rings. The zero-order valence-corrected chi connectivity index (χ0v) is 11.8. The van der Waals surface area contributed by atoms with Crippen molar-refractivity contribution in [1.82, 2.24) is 20.5 Å². The van der Waals surface area contributed by atoms with Gasteiger partial charge in [0.05, 0.1) is 0 Å². The molecule has 0 aliphatic carbocycles. The van der Waals surface area contributed by atoms with Gasteiger partial charge in [0.2, 0.25) is 5.91 Å². The fourth-order valence-corrected chi connectivity index (χ4v) is 2.49. The predicted molar refractivity (Wildman–Crippen MR) is 76.6 cm³/mol. The Labute approximate surface area is 118 Å². The highest BCUT2D eigenvalue weighted by atomic mass is 16.2. The quantitative estimate of drug-likeness (QED) is 0.724. The van der Waals surface area contributed by atoms with Crippen LogP contribution in [0.15, 0.2) is 18.3 Å². The molecule has 0 bridgehead atoms. The highest BCUT2D eigenvalue weighted by Crippen LogP contribution is 2.21. The minimum Gasteiger partial charge on any atom is -0.359 e. The molecule has 1 aromatic heterocycles. The third-order valence-corrected chi connectivity index (χ3v) is 3.63. The fraction of sp³-hybridized carbons (Fsp3) is 0.571. The molecule has 2 amide bonds. The third-order valence-electron chi connectivity index (χ3n) is 3.63. The molecule has 1 aliphatic heterocycles. The van der Waals surface area contributed by atoms with E-state index in [1.165, 1.54) is 0 Å².